The zero-order chi connectivity index (χ0) is 15.6. The molecule has 0 radical (unpaired) electrons. The van der Waals surface area contributed by atoms with E-state index in [2.05, 4.69) is 10.6 Å². The van der Waals surface area contributed by atoms with E-state index < -0.39 is 5.41 Å². The van der Waals surface area contributed by atoms with Crippen LogP contribution < -0.4 is 10.6 Å². The number of ketones is 1. The van der Waals surface area contributed by atoms with Gasteiger partial charge in [-0.1, -0.05) is 27.7 Å². The molecule has 0 saturated carbocycles. The van der Waals surface area contributed by atoms with Crippen molar-refractivity contribution in [1.82, 2.24) is 5.32 Å². The van der Waals surface area contributed by atoms with Crippen LogP contribution >= 0.6 is 0 Å². The third kappa shape index (κ3) is 3.70. The van der Waals surface area contributed by atoms with Gasteiger partial charge in [0.2, 0.25) is 5.91 Å². The van der Waals surface area contributed by atoms with Crippen molar-refractivity contribution >= 4 is 17.4 Å². The quantitative estimate of drug-likeness (QED) is 0.838. The molecule has 4 heteroatoms. The SMILES string of the molecule is CC(C(=O)Nc1ccc(C(=O)C(C)(C)C)cc1)C1CNC1. The van der Waals surface area contributed by atoms with E-state index in [9.17, 15) is 9.59 Å². The predicted octanol–water partition coefficient (Wildman–Crippen LogP) is 2.71. The highest BCUT2D eigenvalue weighted by molar-refractivity contribution is 6.00. The molecule has 1 amide bonds. The second-order valence-corrected chi connectivity index (χ2v) is 6.85. The first kappa shape index (κ1) is 15.7. The van der Waals surface area contributed by atoms with Crippen LogP contribution in [0.5, 0.6) is 0 Å². The first-order valence-electron chi connectivity index (χ1n) is 7.45. The van der Waals surface area contributed by atoms with E-state index in [-0.39, 0.29) is 17.6 Å². The molecule has 114 valence electrons. The van der Waals surface area contributed by atoms with Crippen molar-refractivity contribution < 1.29 is 9.59 Å². The summed E-state index contributed by atoms with van der Waals surface area (Å²) in [6, 6.07) is 7.14. The Morgan fingerprint density at radius 1 is 1.19 bits per heavy atom. The van der Waals surface area contributed by atoms with Gasteiger partial charge in [-0.3, -0.25) is 9.59 Å². The zero-order valence-electron chi connectivity index (χ0n) is 13.2. The molecule has 1 aromatic carbocycles. The molecule has 21 heavy (non-hydrogen) atoms. The van der Waals surface area contributed by atoms with Gasteiger partial charge in [0, 0.05) is 22.6 Å². The molecule has 1 fully saturated rings. The lowest BCUT2D eigenvalue weighted by molar-refractivity contribution is -0.121. The lowest BCUT2D eigenvalue weighted by Gasteiger charge is -2.31. The summed E-state index contributed by atoms with van der Waals surface area (Å²) in [5.74, 6) is 0.569. The minimum atomic E-state index is -0.392. The average molecular weight is 288 g/mol. The molecule has 4 nitrogen and oxygen atoms in total. The topological polar surface area (TPSA) is 58.2 Å². The Hall–Kier alpha value is -1.68. The maximum absolute atomic E-state index is 12.1. The normalized spacial score (nSPS) is 17.0. The average Bonchev–Trinajstić information content (AvgIpc) is 2.35. The lowest BCUT2D eigenvalue weighted by Crippen LogP contribution is -2.48. The highest BCUT2D eigenvalue weighted by Crippen LogP contribution is 2.23. The van der Waals surface area contributed by atoms with E-state index in [0.717, 1.165) is 18.8 Å². The van der Waals surface area contributed by atoms with Gasteiger partial charge < -0.3 is 10.6 Å². The predicted molar refractivity (Wildman–Crippen MR) is 84.4 cm³/mol. The molecule has 1 atom stereocenters. The Labute approximate surface area is 126 Å². The Bertz CT molecular complexity index is 525. The Morgan fingerprint density at radius 2 is 1.76 bits per heavy atom. The first-order valence-corrected chi connectivity index (χ1v) is 7.45. The number of amides is 1. The highest BCUT2D eigenvalue weighted by atomic mass is 16.2. The van der Waals surface area contributed by atoms with Crippen LogP contribution in [0.4, 0.5) is 5.69 Å². The summed E-state index contributed by atoms with van der Waals surface area (Å²) in [6.45, 7) is 9.48. The summed E-state index contributed by atoms with van der Waals surface area (Å²) in [6.07, 6.45) is 0. The van der Waals surface area contributed by atoms with Crippen LogP contribution in [0.2, 0.25) is 0 Å². The Morgan fingerprint density at radius 3 is 2.19 bits per heavy atom. The van der Waals surface area contributed by atoms with Crippen molar-refractivity contribution in [3.05, 3.63) is 29.8 Å². The Kier molecular flexibility index (Phi) is 4.47. The third-order valence-corrected chi connectivity index (χ3v) is 4.03. The van der Waals surface area contributed by atoms with Crippen LogP contribution in [-0.2, 0) is 4.79 Å². The fraction of sp³-hybridized carbons (Fsp3) is 0.529. The first-order chi connectivity index (χ1) is 9.79. The second-order valence-electron chi connectivity index (χ2n) is 6.85. The van der Waals surface area contributed by atoms with E-state index >= 15 is 0 Å². The smallest absolute Gasteiger partial charge is 0.227 e. The largest absolute Gasteiger partial charge is 0.326 e. The van der Waals surface area contributed by atoms with Crippen LogP contribution in [0.15, 0.2) is 24.3 Å². The van der Waals surface area contributed by atoms with Gasteiger partial charge in [-0.15, -0.1) is 0 Å². The number of hydrogen-bond acceptors (Lipinski definition) is 3. The monoisotopic (exact) mass is 288 g/mol. The molecule has 1 aromatic rings. The van der Waals surface area contributed by atoms with Gasteiger partial charge >= 0.3 is 0 Å². The van der Waals surface area contributed by atoms with Crippen molar-refractivity contribution in [3.63, 3.8) is 0 Å². The number of hydrogen-bond donors (Lipinski definition) is 2. The van der Waals surface area contributed by atoms with Crippen LogP contribution in [-0.4, -0.2) is 24.8 Å². The lowest BCUT2D eigenvalue weighted by atomic mass is 9.86. The number of rotatable bonds is 4. The van der Waals surface area contributed by atoms with Crippen molar-refractivity contribution in [1.29, 1.82) is 0 Å². The summed E-state index contributed by atoms with van der Waals surface area (Å²) >= 11 is 0. The van der Waals surface area contributed by atoms with Gasteiger partial charge in [-0.05, 0) is 43.3 Å². The fourth-order valence-electron chi connectivity index (χ4n) is 2.27. The van der Waals surface area contributed by atoms with E-state index in [4.69, 9.17) is 0 Å². The molecule has 0 bridgehead atoms. The highest BCUT2D eigenvalue weighted by Gasteiger charge is 2.28. The standard InChI is InChI=1S/C17H24N2O2/c1-11(13-9-18-10-13)16(21)19-14-7-5-12(6-8-14)15(20)17(2,3)4/h5-8,11,13,18H,9-10H2,1-4H3,(H,19,21). The van der Waals surface area contributed by atoms with E-state index in [1.807, 2.05) is 27.7 Å². The van der Waals surface area contributed by atoms with E-state index in [1.165, 1.54) is 0 Å². The summed E-state index contributed by atoms with van der Waals surface area (Å²) in [4.78, 5) is 24.3. The minimum Gasteiger partial charge on any atom is -0.326 e. The van der Waals surface area contributed by atoms with Crippen LogP contribution in [0.1, 0.15) is 38.1 Å². The number of anilines is 1. The van der Waals surface area contributed by atoms with Gasteiger partial charge in [0.05, 0.1) is 0 Å². The molecule has 1 heterocycles. The maximum atomic E-state index is 12.1. The van der Waals surface area contributed by atoms with Crippen molar-refractivity contribution in [3.8, 4) is 0 Å². The van der Waals surface area contributed by atoms with Gasteiger partial charge in [-0.25, -0.2) is 0 Å². The molecule has 0 spiro atoms. The Balaban J connectivity index is 1.99. The molecule has 2 N–H and O–H groups in total. The molecule has 1 aliphatic rings. The van der Waals surface area contributed by atoms with Gasteiger partial charge in [-0.2, -0.15) is 0 Å². The molecular formula is C17H24N2O2. The molecule has 2 rings (SSSR count). The van der Waals surface area contributed by atoms with Gasteiger partial charge in [0.15, 0.2) is 5.78 Å². The molecule has 0 aliphatic carbocycles. The van der Waals surface area contributed by atoms with Crippen LogP contribution in [0.25, 0.3) is 0 Å². The molecule has 0 aromatic heterocycles. The van der Waals surface area contributed by atoms with E-state index in [0.29, 0.717) is 11.5 Å². The summed E-state index contributed by atoms with van der Waals surface area (Å²) < 4.78 is 0. The number of carbonyl (C=O) groups is 2. The van der Waals surface area contributed by atoms with E-state index in [1.54, 1.807) is 24.3 Å². The summed E-state index contributed by atoms with van der Waals surface area (Å²) in [5, 5.41) is 6.10. The van der Waals surface area contributed by atoms with Crippen LogP contribution in [0, 0.1) is 17.3 Å². The fourth-order valence-corrected chi connectivity index (χ4v) is 2.27. The van der Waals surface area contributed by atoms with Crippen molar-refractivity contribution in [2.75, 3.05) is 18.4 Å². The number of Topliss-reactive ketones (excluding diaryl/α,β-unsaturated/α-hetero) is 1. The number of benzene rings is 1. The second kappa shape index (κ2) is 5.98. The third-order valence-electron chi connectivity index (χ3n) is 4.03. The zero-order valence-corrected chi connectivity index (χ0v) is 13.2. The summed E-state index contributed by atoms with van der Waals surface area (Å²) in [7, 11) is 0. The number of nitrogens with one attached hydrogen (secondary N) is 2. The molecule has 1 unspecified atom stereocenters. The van der Waals surface area contributed by atoms with Crippen molar-refractivity contribution in [2.24, 2.45) is 17.3 Å². The van der Waals surface area contributed by atoms with Gasteiger partial charge in [0.25, 0.3) is 0 Å². The molecule has 1 saturated heterocycles. The number of carbonyl (C=O) groups excluding carboxylic acids is 2. The minimum absolute atomic E-state index is 0.00198. The molecule has 1 aliphatic heterocycles. The van der Waals surface area contributed by atoms with Crippen molar-refractivity contribution in [2.45, 2.75) is 27.7 Å². The van der Waals surface area contributed by atoms with Gasteiger partial charge in [0.1, 0.15) is 0 Å². The maximum Gasteiger partial charge on any atom is 0.227 e. The van der Waals surface area contributed by atoms with Crippen LogP contribution in [0.3, 0.4) is 0 Å². The summed E-state index contributed by atoms with van der Waals surface area (Å²) in [5.41, 5.74) is 1.03. The molecular weight excluding hydrogens is 264 g/mol.